The van der Waals surface area contributed by atoms with E-state index in [0.29, 0.717) is 34.3 Å². The number of Topliss-reactive ketones (excluding diaryl/α,β-unsaturated/α-hetero) is 2. The number of aliphatic carboxylic acids is 2. The Labute approximate surface area is 552 Å². The van der Waals surface area contributed by atoms with Gasteiger partial charge in [-0.1, -0.05) is 10.3 Å². The molecule has 16 N–H and O–H groups in total. The second-order valence-corrected chi connectivity index (χ2v) is 26.3. The molecule has 0 spiro atoms. The Kier molecular flexibility index (Phi) is 23.5. The fourth-order valence-corrected chi connectivity index (χ4v) is 11.5. The van der Waals surface area contributed by atoms with E-state index in [2.05, 4.69) is 28.8 Å². The minimum absolute atomic E-state index is 0.0185. The van der Waals surface area contributed by atoms with E-state index in [0.717, 1.165) is 34.8 Å². The van der Waals surface area contributed by atoms with Crippen molar-refractivity contribution >= 4 is 100 Å². The number of thiazole rings is 2. The lowest BCUT2D eigenvalue weighted by atomic mass is 9.74. The van der Waals surface area contributed by atoms with Gasteiger partial charge < -0.3 is 63.8 Å². The highest BCUT2D eigenvalue weighted by Gasteiger charge is 2.59. The van der Waals surface area contributed by atoms with Crippen molar-refractivity contribution in [3.05, 3.63) is 95.0 Å². The minimum Gasteiger partial charge on any atom is -0.489 e. The maximum absolute atomic E-state index is 15.1. The monoisotopic (exact) mass is 1430 g/mol. The Morgan fingerprint density at radius 1 is 0.656 bits per heavy atom. The number of carboxylic acids is 2. The first-order chi connectivity index (χ1) is 44.8. The molecule has 96 heavy (non-hydrogen) atoms. The second kappa shape index (κ2) is 30.3. The molecule has 0 radical (unpaired) electrons. The number of ketones is 2. The number of aromatic nitrogens is 6. The number of benzene rings is 2. The molecule has 6 heterocycles. The van der Waals surface area contributed by atoms with Gasteiger partial charge in [0, 0.05) is 72.0 Å². The first-order valence-corrected chi connectivity index (χ1v) is 32.6. The number of halogens is 2. The lowest BCUT2D eigenvalue weighted by molar-refractivity contribution is -0.753. The van der Waals surface area contributed by atoms with Gasteiger partial charge in [0.1, 0.15) is 47.7 Å². The number of hydroxylamine groups is 4. The van der Waals surface area contributed by atoms with Gasteiger partial charge in [-0.2, -0.15) is 36.3 Å². The van der Waals surface area contributed by atoms with Crippen molar-refractivity contribution in [2.75, 3.05) is 37.8 Å². The summed E-state index contributed by atoms with van der Waals surface area (Å²) in [7, 11) is -6.50. The number of carbonyl (C=O) groups excluding carboxylic acids is 4. The van der Waals surface area contributed by atoms with E-state index in [9.17, 15) is 55.8 Å². The molecular formula is C54H68F2N16O20S4+2. The van der Waals surface area contributed by atoms with Gasteiger partial charge in [-0.15, -0.1) is 40.6 Å². The zero-order chi connectivity index (χ0) is 71.1. The summed E-state index contributed by atoms with van der Waals surface area (Å²) in [5, 5.41) is 30.5. The number of hydrogen-bond acceptors (Lipinski definition) is 28. The second-order valence-electron chi connectivity index (χ2n) is 22.5. The van der Waals surface area contributed by atoms with E-state index in [1.807, 2.05) is 0 Å². The summed E-state index contributed by atoms with van der Waals surface area (Å²) in [6.45, 7) is 5.65. The number of oxime groups is 2. The van der Waals surface area contributed by atoms with Crippen LogP contribution in [0.4, 0.5) is 19.0 Å². The maximum atomic E-state index is 15.1. The van der Waals surface area contributed by atoms with Gasteiger partial charge in [0.15, 0.2) is 47.3 Å². The standard InChI is InChI=1S/2C27H33FN8O10S2/c2*1-27(2)18(24(38)36(27)46-48(41,42)43)7-21(37)23(20-13-47-26(31)32-20)33-45-22(25(39)40)12-44-16-4-5-17(19(28)6-16)14-9-34(3)35(10-14)11-15(30)8-29/h2*4-6,9-10,13,15,18,22H,7-8,11-12,29-30H2,1-3H3,(H3-,31,32,39,40,41,42,43)/p+2/b2*33-23-/t2*15?,18-,22+/m11/s1. The van der Waals surface area contributed by atoms with Crippen molar-refractivity contribution in [1.29, 1.82) is 0 Å². The molecule has 0 saturated carbocycles. The van der Waals surface area contributed by atoms with Crippen molar-refractivity contribution in [2.45, 2.75) is 89.0 Å². The lowest BCUT2D eigenvalue weighted by Crippen LogP contribution is -2.68. The average Bonchev–Trinajstić information content (AvgIpc) is 0.800. The molecule has 8 rings (SSSR count). The summed E-state index contributed by atoms with van der Waals surface area (Å²) >= 11 is 1.90. The topological polar surface area (TPSA) is 538 Å². The number of nitrogens with two attached hydrogens (primary N) is 6. The molecule has 6 aromatic rings. The lowest BCUT2D eigenvalue weighted by Gasteiger charge is -2.50. The van der Waals surface area contributed by atoms with E-state index < -0.39 is 140 Å². The van der Waals surface area contributed by atoms with E-state index in [1.54, 1.807) is 57.6 Å². The van der Waals surface area contributed by atoms with E-state index in [-0.39, 0.29) is 69.5 Å². The number of hydrogen-bond donors (Lipinski definition) is 10. The highest BCUT2D eigenvalue weighted by atomic mass is 32.3. The van der Waals surface area contributed by atoms with Crippen LogP contribution in [0.3, 0.4) is 0 Å². The van der Waals surface area contributed by atoms with Gasteiger partial charge in [-0.25, -0.2) is 28.3 Å². The van der Waals surface area contributed by atoms with Gasteiger partial charge in [-0.3, -0.25) is 28.3 Å². The quantitative estimate of drug-likeness (QED) is 0.00817. The third-order valence-electron chi connectivity index (χ3n) is 14.8. The molecule has 2 amide bonds. The highest BCUT2D eigenvalue weighted by Crippen LogP contribution is 2.42. The number of nitrogen functional groups attached to an aromatic ring is 2. The van der Waals surface area contributed by atoms with E-state index in [1.165, 1.54) is 62.7 Å². The molecule has 36 nitrogen and oxygen atoms in total. The highest BCUT2D eigenvalue weighted by molar-refractivity contribution is 7.81. The summed E-state index contributed by atoms with van der Waals surface area (Å²) in [5.41, 5.74) is 32.2. The zero-order valence-electron chi connectivity index (χ0n) is 51.7. The number of aryl methyl sites for hydroxylation is 2. The number of ether oxygens (including phenoxy) is 2. The fraction of sp³-hybridized carbons (Fsp3) is 0.407. The minimum atomic E-state index is -5.01. The summed E-state index contributed by atoms with van der Waals surface area (Å²) in [6.07, 6.45) is 2.17. The molecule has 42 heteroatoms. The molecule has 6 atom stereocenters. The van der Waals surface area contributed by atoms with Crippen LogP contribution in [0, 0.1) is 23.5 Å². The molecule has 2 unspecified atom stereocenters. The van der Waals surface area contributed by atoms with Crippen LogP contribution in [0.2, 0.25) is 0 Å². The Bertz CT molecular complexity index is 3950. The summed E-state index contributed by atoms with van der Waals surface area (Å²) < 4.78 is 119. The van der Waals surface area contributed by atoms with Gasteiger partial charge >= 0.3 is 32.7 Å². The number of amides is 2. The number of anilines is 2. The average molecular weight is 1430 g/mol. The van der Waals surface area contributed by atoms with Crippen molar-refractivity contribution in [2.24, 2.45) is 59.2 Å². The fourth-order valence-electron chi connectivity index (χ4n) is 9.47. The Morgan fingerprint density at radius 2 is 1.01 bits per heavy atom. The molecule has 0 bridgehead atoms. The SMILES string of the molecule is C[n+]1cc(-c2ccc(OC[C@H](O/N=C(\C(=O)C[C@@H]3C(=O)N(OS(=O)(=O)O)C3(C)C)c3csc(N)n3)C(=O)O)cc2F)cn1CC(N)CN.C[n+]1cc(-c2ccc(OC[C@H](O/N=C(\C(=O)C[C@@H]3C(=O)N(OS(=O)(=O)O)C3(C)C)c3csc(N)n3)C(=O)O)cc2F)cn1CC(N)CN. The van der Waals surface area contributed by atoms with Crippen LogP contribution in [0.1, 0.15) is 51.9 Å². The molecule has 2 aliphatic rings. The molecule has 0 aliphatic carbocycles. The predicted octanol–water partition coefficient (Wildman–Crippen LogP) is -0.746. The van der Waals surface area contributed by atoms with E-state index >= 15 is 8.78 Å². The van der Waals surface area contributed by atoms with Crippen molar-refractivity contribution in [3.63, 3.8) is 0 Å². The van der Waals surface area contributed by atoms with Crippen LogP contribution in [0.25, 0.3) is 22.3 Å². The Morgan fingerprint density at radius 3 is 1.29 bits per heavy atom. The van der Waals surface area contributed by atoms with Crippen LogP contribution < -0.4 is 53.2 Å². The van der Waals surface area contributed by atoms with Gasteiger partial charge in [-0.05, 0) is 52.0 Å². The van der Waals surface area contributed by atoms with Gasteiger partial charge in [0.2, 0.25) is 12.4 Å². The van der Waals surface area contributed by atoms with E-state index in [4.69, 9.17) is 62.7 Å². The maximum Gasteiger partial charge on any atom is 0.418 e. The van der Waals surface area contributed by atoms with Crippen LogP contribution in [0.15, 0.2) is 82.3 Å². The Balaban J connectivity index is 0.000000271. The predicted molar refractivity (Wildman–Crippen MR) is 332 cm³/mol. The van der Waals surface area contributed by atoms with Crippen LogP contribution >= 0.6 is 22.7 Å². The number of nitrogens with zero attached hydrogens (tertiary/aromatic N) is 10. The third kappa shape index (κ3) is 18.3. The normalized spacial score (nSPS) is 17.5. The zero-order valence-corrected chi connectivity index (χ0v) is 55.0. The van der Waals surface area contributed by atoms with Crippen LogP contribution in [-0.4, -0.2) is 174 Å². The summed E-state index contributed by atoms with van der Waals surface area (Å²) in [4.78, 5) is 94.0. The molecule has 520 valence electrons. The summed E-state index contributed by atoms with van der Waals surface area (Å²) in [5.74, 6) is -10.1. The van der Waals surface area contributed by atoms with Crippen molar-refractivity contribution in [1.82, 2.24) is 29.5 Å². The van der Waals surface area contributed by atoms with Crippen LogP contribution in [-0.2, 0) is 95.0 Å². The number of carbonyl (C=O) groups is 6. The first-order valence-electron chi connectivity index (χ1n) is 28.2. The van der Waals surface area contributed by atoms with Gasteiger partial charge in [0.25, 0.3) is 24.0 Å². The largest absolute Gasteiger partial charge is 0.489 e. The van der Waals surface area contributed by atoms with Crippen molar-refractivity contribution in [3.8, 4) is 33.8 Å². The smallest absolute Gasteiger partial charge is 0.418 e. The number of β-lactam (4-membered cyclic amide) rings is 2. The number of rotatable bonds is 32. The summed E-state index contributed by atoms with van der Waals surface area (Å²) in [6, 6.07) is 7.33. The number of carboxylic acid groups (broad SMARTS) is 2. The third-order valence-corrected chi connectivity index (χ3v) is 16.8. The Hall–Kier alpha value is -9.08. The molecular weight excluding hydrogens is 1360 g/mol. The van der Waals surface area contributed by atoms with Crippen molar-refractivity contribution < 1.29 is 111 Å². The van der Waals surface area contributed by atoms with Gasteiger partial charge in [0.05, 0.1) is 59.5 Å². The molecule has 2 saturated heterocycles. The molecule has 2 aromatic carbocycles. The first kappa shape index (κ1) is 74.3. The molecule has 2 aliphatic heterocycles. The molecule has 4 aromatic heterocycles. The van der Waals surface area contributed by atoms with Crippen LogP contribution in [0.5, 0.6) is 11.5 Å². The molecule has 2 fully saturated rings.